The Morgan fingerprint density at radius 1 is 0.328 bits per heavy atom. The molecule has 0 aliphatic carbocycles. The lowest BCUT2D eigenvalue weighted by molar-refractivity contribution is 0.670. The van der Waals surface area contributed by atoms with E-state index in [4.69, 9.17) is 4.42 Å². The molecule has 0 saturated carbocycles. The highest BCUT2D eigenvalue weighted by Crippen LogP contribution is 2.47. The number of rotatable bonds is 6. The molecule has 274 valence electrons. The number of fused-ring (bicyclic) bond motifs is 6. The molecule has 1 aromatic heterocycles. The fraction of sp³-hybridized carbons (Fsp3) is 0.0357. The summed E-state index contributed by atoms with van der Waals surface area (Å²) in [6, 6.07) is 75.8. The van der Waals surface area contributed by atoms with Gasteiger partial charge in [-0.3, -0.25) is 0 Å². The molecule has 0 spiro atoms. The van der Waals surface area contributed by atoms with Crippen molar-refractivity contribution in [2.24, 2.45) is 0 Å². The zero-order valence-electron chi connectivity index (χ0n) is 32.5. The van der Waals surface area contributed by atoms with Gasteiger partial charge in [0, 0.05) is 16.3 Å². The van der Waals surface area contributed by atoms with Crippen molar-refractivity contribution >= 4 is 72.7 Å². The number of furan rings is 1. The van der Waals surface area contributed by atoms with E-state index < -0.39 is 8.07 Å². The average Bonchev–Trinajstić information content (AvgIpc) is 3.67. The first-order valence-corrected chi connectivity index (χ1v) is 23.2. The maximum atomic E-state index is 6.72. The van der Waals surface area contributed by atoms with Crippen LogP contribution in [-0.4, -0.2) is 8.07 Å². The van der Waals surface area contributed by atoms with Gasteiger partial charge in [0.2, 0.25) is 0 Å². The van der Waals surface area contributed by atoms with Gasteiger partial charge in [-0.1, -0.05) is 205 Å². The van der Waals surface area contributed by atoms with Crippen molar-refractivity contribution < 1.29 is 4.42 Å². The standard InChI is InChI=1S/C56H40OSi/c1-58(2,44-16-4-3-5-17-44)45-32-30-39(31-33-45)51-35-43(36-52-46-18-12-13-23-53(46)57-56(51)52)55-49-21-10-8-19-47(49)54(48-20-9-11-22-50(48)55)40-27-24-38(25-28-40)42-29-26-37-14-6-7-15-41(37)34-42/h3-36H,1-2H3. The summed E-state index contributed by atoms with van der Waals surface area (Å²) in [6.07, 6.45) is 0. The topological polar surface area (TPSA) is 13.1 Å². The second kappa shape index (κ2) is 13.6. The van der Waals surface area contributed by atoms with Crippen LogP contribution in [-0.2, 0) is 0 Å². The fourth-order valence-corrected chi connectivity index (χ4v) is 11.6. The molecule has 0 radical (unpaired) electrons. The minimum Gasteiger partial charge on any atom is -0.455 e. The van der Waals surface area contributed by atoms with Crippen LogP contribution >= 0.6 is 0 Å². The van der Waals surface area contributed by atoms with Crippen LogP contribution in [0.25, 0.3) is 98.8 Å². The lowest BCUT2D eigenvalue weighted by Crippen LogP contribution is -2.52. The van der Waals surface area contributed by atoms with Crippen LogP contribution in [0.2, 0.25) is 13.1 Å². The number of para-hydroxylation sites is 1. The highest BCUT2D eigenvalue weighted by Gasteiger charge is 2.26. The van der Waals surface area contributed by atoms with Crippen molar-refractivity contribution in [3.63, 3.8) is 0 Å². The normalized spacial score (nSPS) is 12.0. The van der Waals surface area contributed by atoms with E-state index in [0.717, 1.165) is 33.1 Å². The van der Waals surface area contributed by atoms with Gasteiger partial charge in [0.25, 0.3) is 0 Å². The van der Waals surface area contributed by atoms with Crippen molar-refractivity contribution in [3.8, 4) is 44.5 Å². The molecule has 0 amide bonds. The average molecular weight is 757 g/mol. The maximum Gasteiger partial charge on any atom is 0.143 e. The zero-order valence-corrected chi connectivity index (χ0v) is 33.5. The molecule has 10 aromatic carbocycles. The molecular weight excluding hydrogens is 717 g/mol. The molecule has 58 heavy (non-hydrogen) atoms. The van der Waals surface area contributed by atoms with Gasteiger partial charge in [0.1, 0.15) is 19.2 Å². The van der Waals surface area contributed by atoms with Crippen molar-refractivity contribution in [3.05, 3.63) is 206 Å². The Morgan fingerprint density at radius 3 is 1.50 bits per heavy atom. The van der Waals surface area contributed by atoms with Crippen molar-refractivity contribution in [2.75, 3.05) is 0 Å². The predicted molar refractivity (Wildman–Crippen MR) is 251 cm³/mol. The van der Waals surface area contributed by atoms with Crippen LogP contribution < -0.4 is 10.4 Å². The van der Waals surface area contributed by atoms with E-state index in [0.29, 0.717) is 0 Å². The summed E-state index contributed by atoms with van der Waals surface area (Å²) in [7, 11) is -1.87. The van der Waals surface area contributed by atoms with Crippen LogP contribution in [0.5, 0.6) is 0 Å². The molecule has 0 fully saturated rings. The quantitative estimate of drug-likeness (QED) is 0.122. The van der Waals surface area contributed by atoms with E-state index in [-0.39, 0.29) is 0 Å². The molecule has 0 N–H and O–H groups in total. The summed E-state index contributed by atoms with van der Waals surface area (Å²) >= 11 is 0. The molecule has 0 aliphatic heterocycles. The molecule has 2 heteroatoms. The van der Waals surface area contributed by atoms with Crippen LogP contribution in [0.4, 0.5) is 0 Å². The van der Waals surface area contributed by atoms with Crippen molar-refractivity contribution in [1.29, 1.82) is 0 Å². The van der Waals surface area contributed by atoms with Crippen LogP contribution in [0, 0.1) is 0 Å². The Kier molecular flexibility index (Phi) is 8.02. The third-order valence-corrected chi connectivity index (χ3v) is 15.9. The highest BCUT2D eigenvalue weighted by molar-refractivity contribution is 7.00. The first kappa shape index (κ1) is 34.3. The molecule has 0 unspecified atom stereocenters. The van der Waals surface area contributed by atoms with Crippen molar-refractivity contribution in [2.45, 2.75) is 13.1 Å². The summed E-state index contributed by atoms with van der Waals surface area (Å²) in [5, 5.41) is 12.6. The molecule has 0 aliphatic rings. The largest absolute Gasteiger partial charge is 0.455 e. The first-order valence-electron chi connectivity index (χ1n) is 20.2. The highest BCUT2D eigenvalue weighted by atomic mass is 28.3. The van der Waals surface area contributed by atoms with E-state index in [9.17, 15) is 0 Å². The molecule has 11 rings (SSSR count). The lowest BCUT2D eigenvalue weighted by atomic mass is 9.84. The lowest BCUT2D eigenvalue weighted by Gasteiger charge is -2.24. The van der Waals surface area contributed by atoms with Gasteiger partial charge < -0.3 is 4.42 Å². The van der Waals surface area contributed by atoms with Gasteiger partial charge in [-0.2, -0.15) is 0 Å². The van der Waals surface area contributed by atoms with Crippen LogP contribution in [0.15, 0.2) is 211 Å². The summed E-state index contributed by atoms with van der Waals surface area (Å²) in [6.45, 7) is 4.88. The van der Waals surface area contributed by atoms with E-state index in [1.54, 1.807) is 0 Å². The molecular formula is C56H40OSi. The van der Waals surface area contributed by atoms with E-state index in [2.05, 4.69) is 219 Å². The third kappa shape index (κ3) is 5.60. The van der Waals surface area contributed by atoms with Gasteiger partial charge >= 0.3 is 0 Å². The minimum absolute atomic E-state index is 0.905. The summed E-state index contributed by atoms with van der Waals surface area (Å²) in [5.41, 5.74) is 11.4. The minimum atomic E-state index is -1.87. The van der Waals surface area contributed by atoms with Crippen LogP contribution in [0.1, 0.15) is 0 Å². The monoisotopic (exact) mass is 756 g/mol. The first-order chi connectivity index (χ1) is 28.5. The van der Waals surface area contributed by atoms with Gasteiger partial charge in [0.05, 0.1) is 0 Å². The molecule has 0 saturated heterocycles. The molecule has 1 heterocycles. The van der Waals surface area contributed by atoms with Gasteiger partial charge in [-0.25, -0.2) is 0 Å². The Balaban J connectivity index is 1.10. The van der Waals surface area contributed by atoms with Crippen LogP contribution in [0.3, 0.4) is 0 Å². The second-order valence-electron chi connectivity index (χ2n) is 16.0. The second-order valence-corrected chi connectivity index (χ2v) is 20.5. The van der Waals surface area contributed by atoms with Crippen molar-refractivity contribution in [1.82, 2.24) is 0 Å². The fourth-order valence-electron chi connectivity index (χ4n) is 9.22. The van der Waals surface area contributed by atoms with E-state index >= 15 is 0 Å². The number of hydrogen-bond donors (Lipinski definition) is 0. The third-order valence-electron chi connectivity index (χ3n) is 12.4. The Bertz CT molecular complexity index is 3280. The number of hydrogen-bond acceptors (Lipinski definition) is 1. The smallest absolute Gasteiger partial charge is 0.143 e. The molecule has 1 nitrogen and oxygen atoms in total. The van der Waals surface area contributed by atoms with E-state index in [1.807, 2.05) is 0 Å². The Labute approximate surface area is 339 Å². The van der Waals surface area contributed by atoms with Gasteiger partial charge in [0.15, 0.2) is 0 Å². The van der Waals surface area contributed by atoms with E-state index in [1.165, 1.54) is 76.1 Å². The molecule has 0 bridgehead atoms. The summed E-state index contributed by atoms with van der Waals surface area (Å²) in [4.78, 5) is 0. The zero-order chi connectivity index (χ0) is 38.8. The summed E-state index contributed by atoms with van der Waals surface area (Å²) < 4.78 is 6.72. The Hall–Kier alpha value is -7.00. The maximum absolute atomic E-state index is 6.72. The Morgan fingerprint density at radius 2 is 0.828 bits per heavy atom. The molecule has 0 atom stereocenters. The predicted octanol–water partition coefficient (Wildman–Crippen LogP) is 14.5. The SMILES string of the molecule is C[Si](C)(c1ccccc1)c1ccc(-c2cc(-c3c4ccccc4c(-c4ccc(-c5ccc6ccccc6c5)cc4)c4ccccc34)cc3c2oc2ccccc23)cc1. The summed E-state index contributed by atoms with van der Waals surface area (Å²) in [5.74, 6) is 0. The molecule has 11 aromatic rings. The van der Waals surface area contributed by atoms with Gasteiger partial charge in [-0.15, -0.1) is 0 Å². The number of benzene rings is 10. The van der Waals surface area contributed by atoms with Gasteiger partial charge in [-0.05, 0) is 95.5 Å².